The minimum atomic E-state index is -0.341. The quantitative estimate of drug-likeness (QED) is 0.286. The van der Waals surface area contributed by atoms with Crippen LogP contribution in [-0.2, 0) is 16.2 Å². The molecule has 38 heavy (non-hydrogen) atoms. The summed E-state index contributed by atoms with van der Waals surface area (Å²) in [6.07, 6.45) is 5.56. The molecule has 0 saturated heterocycles. The molecule has 0 unspecified atom stereocenters. The molecule has 1 aliphatic heterocycles. The Bertz CT molecular complexity index is 1280. The number of aryl methyl sites for hydroxylation is 1. The summed E-state index contributed by atoms with van der Waals surface area (Å²) in [5, 5.41) is 0. The molecule has 0 aromatic heterocycles. The molecule has 0 fully saturated rings. The van der Waals surface area contributed by atoms with Crippen LogP contribution in [0.25, 0.3) is 0 Å². The third-order valence-electron chi connectivity index (χ3n) is 7.66. The number of carbonyl (C=O) groups excluding carboxylic acids is 2. The minimum Gasteiger partial charge on any atom is -0.490 e. The SMILES string of the molecule is CCCN1C2=C(C(=O)CCC2)C(c2cc(I)c(OCc3cccc(C)c3)c(OCC)c2)C2=C1CCCC2=O. The number of benzene rings is 2. The van der Waals surface area contributed by atoms with E-state index in [1.54, 1.807) is 0 Å². The Hall–Kier alpha value is -2.61. The number of hydrogen-bond acceptors (Lipinski definition) is 5. The zero-order valence-corrected chi connectivity index (χ0v) is 24.7. The molecule has 0 bridgehead atoms. The van der Waals surface area contributed by atoms with E-state index in [-0.39, 0.29) is 17.5 Å². The number of hydrogen-bond donors (Lipinski definition) is 0. The lowest BCUT2D eigenvalue weighted by molar-refractivity contribution is -0.117. The van der Waals surface area contributed by atoms with Gasteiger partial charge in [-0.25, -0.2) is 0 Å². The molecule has 2 aromatic rings. The highest BCUT2D eigenvalue weighted by atomic mass is 127. The largest absolute Gasteiger partial charge is 0.490 e. The number of nitrogens with zero attached hydrogens (tertiary/aromatic N) is 1. The predicted octanol–water partition coefficient (Wildman–Crippen LogP) is 7.40. The van der Waals surface area contributed by atoms with Gasteiger partial charge >= 0.3 is 0 Å². The fraction of sp³-hybridized carbons (Fsp3) is 0.438. The van der Waals surface area contributed by atoms with E-state index in [0.717, 1.165) is 75.9 Å². The van der Waals surface area contributed by atoms with Crippen molar-refractivity contribution < 1.29 is 19.1 Å². The van der Waals surface area contributed by atoms with E-state index >= 15 is 0 Å². The van der Waals surface area contributed by atoms with E-state index in [2.05, 4.69) is 65.6 Å². The summed E-state index contributed by atoms with van der Waals surface area (Å²) >= 11 is 2.30. The van der Waals surface area contributed by atoms with Gasteiger partial charge in [-0.2, -0.15) is 0 Å². The van der Waals surface area contributed by atoms with Gasteiger partial charge in [0.25, 0.3) is 0 Å². The number of rotatable bonds is 8. The van der Waals surface area contributed by atoms with Crippen molar-refractivity contribution in [1.29, 1.82) is 0 Å². The van der Waals surface area contributed by atoms with E-state index in [1.807, 2.05) is 19.1 Å². The summed E-state index contributed by atoms with van der Waals surface area (Å²) in [5.41, 5.74) is 7.15. The van der Waals surface area contributed by atoms with E-state index in [0.29, 0.717) is 37.6 Å². The van der Waals surface area contributed by atoms with Crippen LogP contribution in [0.1, 0.15) is 81.4 Å². The van der Waals surface area contributed by atoms with Gasteiger partial charge < -0.3 is 14.4 Å². The molecule has 5 nitrogen and oxygen atoms in total. The summed E-state index contributed by atoms with van der Waals surface area (Å²) in [4.78, 5) is 29.4. The Morgan fingerprint density at radius 2 is 1.61 bits per heavy atom. The van der Waals surface area contributed by atoms with E-state index in [1.165, 1.54) is 5.56 Å². The van der Waals surface area contributed by atoms with Crippen LogP contribution in [0, 0.1) is 10.5 Å². The van der Waals surface area contributed by atoms with Crippen LogP contribution < -0.4 is 9.47 Å². The average molecular weight is 626 g/mol. The summed E-state index contributed by atoms with van der Waals surface area (Å²) in [5.74, 6) is 1.38. The molecule has 0 amide bonds. The van der Waals surface area contributed by atoms with Crippen LogP contribution in [0.4, 0.5) is 0 Å². The number of Topliss-reactive ketones (excluding diaryl/α,β-unsaturated/α-hetero) is 2. The monoisotopic (exact) mass is 625 g/mol. The van der Waals surface area contributed by atoms with Gasteiger partial charge in [-0.15, -0.1) is 0 Å². The maximum absolute atomic E-state index is 13.5. The van der Waals surface area contributed by atoms with Crippen molar-refractivity contribution in [2.75, 3.05) is 13.2 Å². The van der Waals surface area contributed by atoms with Crippen molar-refractivity contribution in [3.05, 3.63) is 79.2 Å². The molecule has 0 saturated carbocycles. The molecule has 0 atom stereocenters. The van der Waals surface area contributed by atoms with Gasteiger partial charge in [-0.3, -0.25) is 9.59 Å². The summed E-state index contributed by atoms with van der Waals surface area (Å²) in [6.45, 7) is 7.98. The molecule has 2 aliphatic carbocycles. The molecule has 0 radical (unpaired) electrons. The second-order valence-electron chi connectivity index (χ2n) is 10.4. The number of halogens is 1. The Labute approximate surface area is 239 Å². The summed E-state index contributed by atoms with van der Waals surface area (Å²) in [6, 6.07) is 12.4. The van der Waals surface area contributed by atoms with Gasteiger partial charge in [0, 0.05) is 47.8 Å². The van der Waals surface area contributed by atoms with Crippen molar-refractivity contribution >= 4 is 34.2 Å². The van der Waals surface area contributed by atoms with Gasteiger partial charge in [0.15, 0.2) is 23.1 Å². The normalized spacial score (nSPS) is 18.1. The van der Waals surface area contributed by atoms with Crippen LogP contribution >= 0.6 is 22.6 Å². The van der Waals surface area contributed by atoms with E-state index in [9.17, 15) is 9.59 Å². The van der Waals surface area contributed by atoms with Gasteiger partial charge in [-0.05, 0) is 91.8 Å². The Morgan fingerprint density at radius 1 is 0.921 bits per heavy atom. The van der Waals surface area contributed by atoms with Crippen LogP contribution in [0.15, 0.2) is 58.9 Å². The lowest BCUT2D eigenvalue weighted by Gasteiger charge is -2.44. The molecular formula is C32H36INO4. The molecular weight excluding hydrogens is 589 g/mol. The van der Waals surface area contributed by atoms with Gasteiger partial charge in [0.05, 0.1) is 10.2 Å². The lowest BCUT2D eigenvalue weighted by atomic mass is 9.71. The van der Waals surface area contributed by atoms with Crippen molar-refractivity contribution in [1.82, 2.24) is 4.90 Å². The van der Waals surface area contributed by atoms with Crippen molar-refractivity contribution in [2.45, 2.75) is 78.2 Å². The first kappa shape index (κ1) is 27.0. The van der Waals surface area contributed by atoms with Gasteiger partial charge in [-0.1, -0.05) is 36.8 Å². The highest BCUT2D eigenvalue weighted by molar-refractivity contribution is 14.1. The van der Waals surface area contributed by atoms with Crippen LogP contribution in [0.5, 0.6) is 11.5 Å². The second-order valence-corrected chi connectivity index (χ2v) is 11.6. The zero-order valence-electron chi connectivity index (χ0n) is 22.6. The fourth-order valence-corrected chi connectivity index (χ4v) is 6.94. The fourth-order valence-electron chi connectivity index (χ4n) is 6.16. The lowest BCUT2D eigenvalue weighted by Crippen LogP contribution is -2.39. The third kappa shape index (κ3) is 5.16. The maximum Gasteiger partial charge on any atom is 0.174 e. The smallest absolute Gasteiger partial charge is 0.174 e. The highest BCUT2D eigenvalue weighted by Crippen LogP contribution is 2.50. The molecule has 0 spiro atoms. The first-order valence-corrected chi connectivity index (χ1v) is 14.9. The number of ketones is 2. The number of carbonyl (C=O) groups is 2. The van der Waals surface area contributed by atoms with Crippen molar-refractivity contribution in [2.24, 2.45) is 0 Å². The molecule has 5 rings (SSSR count). The van der Waals surface area contributed by atoms with Gasteiger partial charge in [0.1, 0.15) is 6.61 Å². The van der Waals surface area contributed by atoms with Crippen molar-refractivity contribution in [3.8, 4) is 11.5 Å². The van der Waals surface area contributed by atoms with Gasteiger partial charge in [0.2, 0.25) is 0 Å². The Morgan fingerprint density at radius 3 is 2.21 bits per heavy atom. The molecule has 0 N–H and O–H groups in total. The summed E-state index contributed by atoms with van der Waals surface area (Å²) in [7, 11) is 0. The standard InChI is InChI=1S/C32H36INO4/c1-4-15-34-24-11-7-13-26(35)30(24)29(31-25(34)12-8-14-27(31)36)22-17-23(33)32(28(18-22)37-5-2)38-19-21-10-6-9-20(3)16-21/h6,9-10,16-18,29H,4-5,7-8,11-15,19H2,1-3H3. The van der Waals surface area contributed by atoms with Crippen LogP contribution in [0.3, 0.4) is 0 Å². The zero-order chi connectivity index (χ0) is 26.8. The maximum atomic E-state index is 13.5. The van der Waals surface area contributed by atoms with E-state index < -0.39 is 0 Å². The number of allylic oxidation sites excluding steroid dienone is 4. The third-order valence-corrected chi connectivity index (χ3v) is 8.47. The first-order chi connectivity index (χ1) is 18.4. The topological polar surface area (TPSA) is 55.8 Å². The number of ether oxygens (including phenoxy) is 2. The summed E-state index contributed by atoms with van der Waals surface area (Å²) < 4.78 is 13.3. The Kier molecular flexibility index (Phi) is 8.26. The molecule has 2 aromatic carbocycles. The highest BCUT2D eigenvalue weighted by Gasteiger charge is 2.43. The minimum absolute atomic E-state index is 0.176. The second kappa shape index (κ2) is 11.6. The molecule has 200 valence electrons. The van der Waals surface area contributed by atoms with E-state index in [4.69, 9.17) is 9.47 Å². The van der Waals surface area contributed by atoms with Crippen molar-refractivity contribution in [3.63, 3.8) is 0 Å². The Balaban J connectivity index is 1.61. The predicted molar refractivity (Wildman–Crippen MR) is 157 cm³/mol. The van der Waals surface area contributed by atoms with Crippen LogP contribution in [-0.4, -0.2) is 29.6 Å². The molecule has 6 heteroatoms. The average Bonchev–Trinajstić information content (AvgIpc) is 2.89. The molecule has 1 heterocycles. The molecule has 3 aliphatic rings. The first-order valence-electron chi connectivity index (χ1n) is 13.9. The van der Waals surface area contributed by atoms with Crippen LogP contribution in [0.2, 0.25) is 0 Å².